The number of benzene rings is 1. The molecule has 1 unspecified atom stereocenters. The fourth-order valence-electron chi connectivity index (χ4n) is 4.24. The van der Waals surface area contributed by atoms with E-state index in [1.165, 1.54) is 44.9 Å². The van der Waals surface area contributed by atoms with E-state index < -0.39 is 11.6 Å². The highest BCUT2D eigenvalue weighted by Crippen LogP contribution is 2.34. The van der Waals surface area contributed by atoms with Crippen molar-refractivity contribution in [1.29, 1.82) is 0 Å². The van der Waals surface area contributed by atoms with Crippen LogP contribution in [-0.4, -0.2) is 35.1 Å². The van der Waals surface area contributed by atoms with Crippen molar-refractivity contribution in [2.24, 2.45) is 17.6 Å². The van der Waals surface area contributed by atoms with E-state index in [9.17, 15) is 10.2 Å². The molecule has 1 fully saturated rings. The highest BCUT2D eigenvalue weighted by Gasteiger charge is 2.37. The Labute approximate surface area is 184 Å². The molecule has 0 amide bonds. The van der Waals surface area contributed by atoms with Crippen molar-refractivity contribution in [3.05, 3.63) is 29.8 Å². The van der Waals surface area contributed by atoms with Crippen molar-refractivity contribution < 1.29 is 14.9 Å². The molecule has 30 heavy (non-hydrogen) atoms. The first-order chi connectivity index (χ1) is 14.4. The van der Waals surface area contributed by atoms with Gasteiger partial charge < -0.3 is 20.7 Å². The highest BCUT2D eigenvalue weighted by atomic mass is 16.5. The predicted molar refractivity (Wildman–Crippen MR) is 125 cm³/mol. The average Bonchev–Trinajstić information content (AvgIpc) is 2.70. The molecule has 2 rings (SSSR count). The van der Waals surface area contributed by atoms with Crippen molar-refractivity contribution in [2.75, 3.05) is 13.2 Å². The molecule has 0 bridgehead atoms. The van der Waals surface area contributed by atoms with Gasteiger partial charge in [0.05, 0.1) is 24.9 Å². The molecule has 1 aliphatic rings. The lowest BCUT2D eigenvalue weighted by atomic mass is 9.73. The molecule has 2 atom stereocenters. The Kier molecular flexibility index (Phi) is 11.2. The fourth-order valence-corrected chi connectivity index (χ4v) is 4.24. The minimum absolute atomic E-state index is 0.177. The van der Waals surface area contributed by atoms with Crippen molar-refractivity contribution in [3.63, 3.8) is 0 Å². The molecule has 1 aromatic carbocycles. The molecule has 4 heteroatoms. The van der Waals surface area contributed by atoms with E-state index in [0.29, 0.717) is 18.8 Å². The van der Waals surface area contributed by atoms with E-state index in [0.717, 1.165) is 43.1 Å². The summed E-state index contributed by atoms with van der Waals surface area (Å²) < 4.78 is 5.86. The Bertz CT molecular complexity index is 570. The predicted octanol–water partition coefficient (Wildman–Crippen LogP) is 5.24. The Balaban J connectivity index is 1.62. The van der Waals surface area contributed by atoms with Crippen LogP contribution in [0.5, 0.6) is 5.75 Å². The molecule has 1 saturated carbocycles. The Morgan fingerprint density at radius 3 is 2.23 bits per heavy atom. The van der Waals surface area contributed by atoms with Gasteiger partial charge in [-0.3, -0.25) is 0 Å². The van der Waals surface area contributed by atoms with Gasteiger partial charge in [0.25, 0.3) is 0 Å². The molecule has 0 saturated heterocycles. The zero-order valence-corrected chi connectivity index (χ0v) is 19.3. The summed E-state index contributed by atoms with van der Waals surface area (Å²) >= 11 is 0. The summed E-state index contributed by atoms with van der Waals surface area (Å²) in [6.07, 6.45) is 13.0. The summed E-state index contributed by atoms with van der Waals surface area (Å²) in [6, 6.07) is 7.93. The quantitative estimate of drug-likeness (QED) is 0.320. The van der Waals surface area contributed by atoms with Crippen LogP contribution in [0.25, 0.3) is 0 Å². The van der Waals surface area contributed by atoms with Gasteiger partial charge in [-0.25, -0.2) is 0 Å². The molecule has 4 N–H and O–H groups in total. The average molecular weight is 420 g/mol. The van der Waals surface area contributed by atoms with Crippen LogP contribution < -0.4 is 10.5 Å². The number of rotatable bonds is 16. The van der Waals surface area contributed by atoms with Crippen molar-refractivity contribution in [1.82, 2.24) is 0 Å². The largest absolute Gasteiger partial charge is 0.494 e. The maximum atomic E-state index is 10.6. The molecular formula is C26H45NO3. The Hall–Kier alpha value is -1.10. The molecule has 1 aromatic rings. The highest BCUT2D eigenvalue weighted by molar-refractivity contribution is 5.28. The van der Waals surface area contributed by atoms with E-state index in [2.05, 4.69) is 13.8 Å². The van der Waals surface area contributed by atoms with Gasteiger partial charge in [0, 0.05) is 6.42 Å². The third-order valence-electron chi connectivity index (χ3n) is 6.65. The molecular weight excluding hydrogens is 374 g/mol. The van der Waals surface area contributed by atoms with Gasteiger partial charge in [0.2, 0.25) is 0 Å². The molecule has 0 aromatic heterocycles. The van der Waals surface area contributed by atoms with Crippen LogP contribution in [0.1, 0.15) is 90.0 Å². The Morgan fingerprint density at radius 2 is 1.67 bits per heavy atom. The minimum atomic E-state index is -0.908. The van der Waals surface area contributed by atoms with Crippen LogP contribution in [0.4, 0.5) is 0 Å². The van der Waals surface area contributed by atoms with Crippen molar-refractivity contribution in [2.45, 2.75) is 103 Å². The van der Waals surface area contributed by atoms with Gasteiger partial charge >= 0.3 is 0 Å². The zero-order chi connectivity index (χ0) is 21.8. The maximum absolute atomic E-state index is 10.6. The monoisotopic (exact) mass is 419 g/mol. The van der Waals surface area contributed by atoms with Crippen molar-refractivity contribution >= 4 is 0 Å². The number of aliphatic hydroxyl groups excluding tert-OH is 2. The molecule has 172 valence electrons. The summed E-state index contributed by atoms with van der Waals surface area (Å²) in [5, 5.41) is 20.4. The van der Waals surface area contributed by atoms with E-state index in [1.807, 2.05) is 24.3 Å². The lowest BCUT2D eigenvalue weighted by Gasteiger charge is -2.38. The van der Waals surface area contributed by atoms with Crippen LogP contribution in [-0.2, 0) is 6.42 Å². The minimum Gasteiger partial charge on any atom is -0.494 e. The summed E-state index contributed by atoms with van der Waals surface area (Å²) in [5.41, 5.74) is 6.46. The normalized spacial score (nSPS) is 17.5. The van der Waals surface area contributed by atoms with Crippen molar-refractivity contribution in [3.8, 4) is 5.75 Å². The van der Waals surface area contributed by atoms with E-state index in [1.54, 1.807) is 0 Å². The lowest BCUT2D eigenvalue weighted by Crippen LogP contribution is -2.56. The van der Waals surface area contributed by atoms with Gasteiger partial charge in [0.15, 0.2) is 0 Å². The fraction of sp³-hybridized carbons (Fsp3) is 0.769. The number of ether oxygens (including phenoxy) is 1. The molecule has 4 nitrogen and oxygen atoms in total. The first-order valence-electron chi connectivity index (χ1n) is 12.2. The number of hydrogen-bond acceptors (Lipinski definition) is 4. The molecule has 1 aliphatic carbocycles. The zero-order valence-electron chi connectivity index (χ0n) is 19.3. The number of hydrogen-bond donors (Lipinski definition) is 3. The Morgan fingerprint density at radius 1 is 1.03 bits per heavy atom. The van der Waals surface area contributed by atoms with Crippen LogP contribution in [0.3, 0.4) is 0 Å². The second kappa shape index (κ2) is 13.3. The summed E-state index contributed by atoms with van der Waals surface area (Å²) in [4.78, 5) is 0. The van der Waals surface area contributed by atoms with Crippen LogP contribution in [0, 0.1) is 11.8 Å². The van der Waals surface area contributed by atoms with Crippen LogP contribution in [0.2, 0.25) is 0 Å². The summed E-state index contributed by atoms with van der Waals surface area (Å²) in [7, 11) is 0. The van der Waals surface area contributed by atoms with Gasteiger partial charge in [-0.15, -0.1) is 0 Å². The van der Waals surface area contributed by atoms with Gasteiger partial charge in [-0.05, 0) is 42.4 Å². The third-order valence-corrected chi connectivity index (χ3v) is 6.65. The standard InChI is InChI=1S/C26H45NO3/c1-21(2)10-7-5-3-4-6-8-17-30-24-15-13-22(14-16-24)18-25(29)26(27,20-28)19-23-11-9-12-23/h13-16,21,23,25,28-29H,3-12,17-20,27H2,1-2H3/t25?,26-/m0/s1. The topological polar surface area (TPSA) is 75.7 Å². The summed E-state index contributed by atoms with van der Waals surface area (Å²) in [5.74, 6) is 2.25. The van der Waals surface area contributed by atoms with Gasteiger partial charge in [-0.2, -0.15) is 0 Å². The smallest absolute Gasteiger partial charge is 0.119 e. The van der Waals surface area contributed by atoms with E-state index >= 15 is 0 Å². The second-order valence-corrected chi connectivity index (χ2v) is 9.91. The first-order valence-corrected chi connectivity index (χ1v) is 12.2. The van der Waals surface area contributed by atoms with Gasteiger partial charge in [-0.1, -0.05) is 83.8 Å². The van der Waals surface area contributed by atoms with E-state index in [-0.39, 0.29) is 6.61 Å². The SMILES string of the molecule is CC(C)CCCCCCCCOc1ccc(CC(O)[C@@](N)(CO)CC2CCC2)cc1. The lowest BCUT2D eigenvalue weighted by molar-refractivity contribution is 0.0198. The van der Waals surface area contributed by atoms with Crippen LogP contribution in [0.15, 0.2) is 24.3 Å². The first kappa shape index (κ1) is 25.2. The number of aliphatic hydroxyl groups is 2. The molecule has 0 radical (unpaired) electrons. The van der Waals surface area contributed by atoms with Gasteiger partial charge in [0.1, 0.15) is 5.75 Å². The molecule has 0 aliphatic heterocycles. The van der Waals surface area contributed by atoms with Crippen LogP contribution >= 0.6 is 0 Å². The maximum Gasteiger partial charge on any atom is 0.119 e. The van der Waals surface area contributed by atoms with E-state index in [4.69, 9.17) is 10.5 Å². The number of unbranched alkanes of at least 4 members (excludes halogenated alkanes) is 5. The molecule has 0 heterocycles. The third kappa shape index (κ3) is 8.95. The molecule has 0 spiro atoms. The second-order valence-electron chi connectivity index (χ2n) is 9.91. The summed E-state index contributed by atoms with van der Waals surface area (Å²) in [6.45, 7) is 5.17. The number of nitrogens with two attached hydrogens (primary N) is 1.